The Hall–Kier alpha value is -4.38. The molecule has 2 heterocycles. The number of nitrogens with two attached hydrogens (primary N) is 2. The van der Waals surface area contributed by atoms with Crippen molar-refractivity contribution in [1.29, 1.82) is 0 Å². The normalized spacial score (nSPS) is 17.4. The summed E-state index contributed by atoms with van der Waals surface area (Å²) in [5.74, 6) is 1.54. The Morgan fingerprint density at radius 1 is 1.03 bits per heavy atom. The number of fused-ring (bicyclic) bond motifs is 1. The van der Waals surface area contributed by atoms with Crippen LogP contribution in [-0.4, -0.2) is 51.8 Å². The average molecular weight is 503 g/mol. The SMILES string of the molecule is COc1cc(Nc2nc(N[C@H]3CCCC[C@H]3N)n3nc(-c4ccccc4)nc3c2C(N)=O)cc(OC)c1. The first-order chi connectivity index (χ1) is 18.0. The number of hydrogen-bond donors (Lipinski definition) is 4. The van der Waals surface area contributed by atoms with Crippen LogP contribution in [0.3, 0.4) is 0 Å². The zero-order valence-corrected chi connectivity index (χ0v) is 20.8. The third-order valence-corrected chi connectivity index (χ3v) is 6.51. The number of primary amides is 1. The highest BCUT2D eigenvalue weighted by Gasteiger charge is 2.27. The summed E-state index contributed by atoms with van der Waals surface area (Å²) in [6, 6.07) is 14.8. The number of hydrogen-bond acceptors (Lipinski definition) is 9. The van der Waals surface area contributed by atoms with Crippen LogP contribution in [0.15, 0.2) is 48.5 Å². The van der Waals surface area contributed by atoms with E-state index in [1.54, 1.807) is 32.4 Å². The molecule has 1 aliphatic rings. The maximum atomic E-state index is 12.7. The number of methoxy groups -OCH3 is 2. The molecule has 37 heavy (non-hydrogen) atoms. The Balaban J connectivity index is 1.67. The fraction of sp³-hybridized carbons (Fsp3) is 0.308. The van der Waals surface area contributed by atoms with Gasteiger partial charge in [0.25, 0.3) is 5.91 Å². The summed E-state index contributed by atoms with van der Waals surface area (Å²) in [6.45, 7) is 0. The first-order valence-electron chi connectivity index (χ1n) is 12.1. The van der Waals surface area contributed by atoms with Gasteiger partial charge in [-0.2, -0.15) is 9.50 Å². The van der Waals surface area contributed by atoms with Gasteiger partial charge < -0.3 is 31.6 Å². The zero-order valence-electron chi connectivity index (χ0n) is 20.8. The van der Waals surface area contributed by atoms with E-state index in [0.717, 1.165) is 31.2 Å². The molecular weight excluding hydrogens is 472 g/mol. The van der Waals surface area contributed by atoms with Crippen molar-refractivity contribution in [2.24, 2.45) is 11.5 Å². The van der Waals surface area contributed by atoms with E-state index in [-0.39, 0.29) is 29.1 Å². The second-order valence-electron chi connectivity index (χ2n) is 8.99. The smallest absolute Gasteiger partial charge is 0.256 e. The van der Waals surface area contributed by atoms with Crippen LogP contribution in [0.2, 0.25) is 0 Å². The zero-order chi connectivity index (χ0) is 25.9. The maximum absolute atomic E-state index is 12.7. The largest absolute Gasteiger partial charge is 0.497 e. The second-order valence-corrected chi connectivity index (χ2v) is 8.99. The Bertz CT molecular complexity index is 1400. The van der Waals surface area contributed by atoms with Gasteiger partial charge in [0.15, 0.2) is 17.3 Å². The highest BCUT2D eigenvalue weighted by atomic mass is 16.5. The molecule has 1 amide bonds. The van der Waals surface area contributed by atoms with Crippen molar-refractivity contribution in [1.82, 2.24) is 19.6 Å². The molecule has 0 spiro atoms. The summed E-state index contributed by atoms with van der Waals surface area (Å²) in [5, 5.41) is 11.4. The van der Waals surface area contributed by atoms with Gasteiger partial charge in [-0.3, -0.25) is 4.79 Å². The third-order valence-electron chi connectivity index (χ3n) is 6.51. The molecule has 2 aromatic heterocycles. The number of carbonyl (C=O) groups is 1. The highest BCUT2D eigenvalue weighted by molar-refractivity contribution is 6.04. The molecule has 0 aliphatic heterocycles. The average Bonchev–Trinajstić information content (AvgIpc) is 3.35. The van der Waals surface area contributed by atoms with Crippen molar-refractivity contribution in [3.8, 4) is 22.9 Å². The van der Waals surface area contributed by atoms with Crippen molar-refractivity contribution < 1.29 is 14.3 Å². The van der Waals surface area contributed by atoms with Gasteiger partial charge in [0, 0.05) is 41.5 Å². The van der Waals surface area contributed by atoms with Crippen molar-refractivity contribution in [3.05, 3.63) is 54.1 Å². The predicted molar refractivity (Wildman–Crippen MR) is 141 cm³/mol. The Labute approximate surface area is 214 Å². The van der Waals surface area contributed by atoms with Crippen LogP contribution >= 0.6 is 0 Å². The van der Waals surface area contributed by atoms with E-state index in [2.05, 4.69) is 15.7 Å². The Morgan fingerprint density at radius 2 is 1.73 bits per heavy atom. The van der Waals surface area contributed by atoms with Gasteiger partial charge in [-0.05, 0) is 12.8 Å². The molecule has 11 nitrogen and oxygen atoms in total. The molecule has 1 aliphatic carbocycles. The first kappa shape index (κ1) is 24.3. The molecule has 0 saturated heterocycles. The van der Waals surface area contributed by atoms with Gasteiger partial charge in [-0.1, -0.05) is 43.2 Å². The summed E-state index contributed by atoms with van der Waals surface area (Å²) < 4.78 is 12.3. The molecule has 5 rings (SSSR count). The lowest BCUT2D eigenvalue weighted by Gasteiger charge is -2.29. The van der Waals surface area contributed by atoms with Crippen LogP contribution < -0.4 is 31.6 Å². The number of carbonyl (C=O) groups excluding carboxylic acids is 1. The minimum atomic E-state index is -0.692. The third kappa shape index (κ3) is 4.98. The minimum absolute atomic E-state index is 0.00184. The van der Waals surface area contributed by atoms with Gasteiger partial charge >= 0.3 is 0 Å². The molecule has 2 atom stereocenters. The topological polar surface area (TPSA) is 155 Å². The Kier molecular flexibility index (Phi) is 6.78. The van der Waals surface area contributed by atoms with Gasteiger partial charge in [0.05, 0.1) is 14.2 Å². The first-order valence-corrected chi connectivity index (χ1v) is 12.1. The summed E-state index contributed by atoms with van der Waals surface area (Å²) in [5.41, 5.74) is 14.1. The number of nitrogens with one attached hydrogen (secondary N) is 2. The van der Waals surface area contributed by atoms with Gasteiger partial charge in [-0.15, -0.1) is 5.10 Å². The van der Waals surface area contributed by atoms with E-state index < -0.39 is 5.91 Å². The molecule has 1 saturated carbocycles. The number of aromatic nitrogens is 4. The van der Waals surface area contributed by atoms with E-state index in [1.165, 1.54) is 4.52 Å². The summed E-state index contributed by atoms with van der Waals surface area (Å²) in [7, 11) is 3.13. The fourth-order valence-electron chi connectivity index (χ4n) is 4.58. The lowest BCUT2D eigenvalue weighted by atomic mass is 9.91. The number of amides is 1. The van der Waals surface area contributed by atoms with Crippen LogP contribution in [0, 0.1) is 0 Å². The van der Waals surface area contributed by atoms with E-state index >= 15 is 0 Å². The van der Waals surface area contributed by atoms with Gasteiger partial charge in [-0.25, -0.2) is 4.98 Å². The lowest BCUT2D eigenvalue weighted by Crippen LogP contribution is -2.43. The standard InChI is InChI=1S/C26H30N8O3/c1-36-17-12-16(13-18(14-17)37-2)29-24-21(22(28)35)25-31-23(15-8-4-3-5-9-15)33-34(25)26(32-24)30-20-11-7-6-10-19(20)27/h3-5,8-9,12-14,19-20,29H,6-7,10-11,27H2,1-2H3,(H2,28,35)(H,30,32)/t19-,20+/m1/s1. The molecular formula is C26H30N8O3. The molecule has 1 fully saturated rings. The minimum Gasteiger partial charge on any atom is -0.497 e. The maximum Gasteiger partial charge on any atom is 0.256 e. The van der Waals surface area contributed by atoms with Crippen molar-refractivity contribution in [2.45, 2.75) is 37.8 Å². The number of benzene rings is 2. The van der Waals surface area contributed by atoms with Crippen LogP contribution in [0.4, 0.5) is 17.5 Å². The molecule has 192 valence electrons. The van der Waals surface area contributed by atoms with E-state index in [4.69, 9.17) is 30.9 Å². The van der Waals surface area contributed by atoms with Crippen LogP contribution in [0.5, 0.6) is 11.5 Å². The van der Waals surface area contributed by atoms with Crippen LogP contribution in [-0.2, 0) is 0 Å². The van der Waals surface area contributed by atoms with Gasteiger partial charge in [0.1, 0.15) is 17.1 Å². The van der Waals surface area contributed by atoms with Gasteiger partial charge in [0.2, 0.25) is 5.95 Å². The molecule has 11 heteroatoms. The lowest BCUT2D eigenvalue weighted by molar-refractivity contribution is 0.100. The monoisotopic (exact) mass is 502 g/mol. The quantitative estimate of drug-likeness (QED) is 0.284. The molecule has 0 bridgehead atoms. The number of nitrogens with zero attached hydrogens (tertiary/aromatic N) is 4. The molecule has 0 radical (unpaired) electrons. The van der Waals surface area contributed by atoms with Crippen molar-refractivity contribution in [3.63, 3.8) is 0 Å². The summed E-state index contributed by atoms with van der Waals surface area (Å²) in [6.07, 6.45) is 3.98. The summed E-state index contributed by atoms with van der Waals surface area (Å²) in [4.78, 5) is 22.2. The molecule has 6 N–H and O–H groups in total. The van der Waals surface area contributed by atoms with Crippen molar-refractivity contribution in [2.75, 3.05) is 24.9 Å². The van der Waals surface area contributed by atoms with E-state index in [1.807, 2.05) is 30.3 Å². The molecule has 2 aromatic carbocycles. The van der Waals surface area contributed by atoms with Crippen LogP contribution in [0.25, 0.3) is 17.0 Å². The number of rotatable bonds is 8. The number of ether oxygens (including phenoxy) is 2. The highest BCUT2D eigenvalue weighted by Crippen LogP contribution is 2.32. The van der Waals surface area contributed by atoms with E-state index in [9.17, 15) is 4.79 Å². The second kappa shape index (κ2) is 10.3. The predicted octanol–water partition coefficient (Wildman–Crippen LogP) is 3.33. The Morgan fingerprint density at radius 3 is 2.38 bits per heavy atom. The van der Waals surface area contributed by atoms with E-state index in [0.29, 0.717) is 29.0 Å². The summed E-state index contributed by atoms with van der Waals surface area (Å²) >= 11 is 0. The molecule has 0 unspecified atom stereocenters. The molecule has 4 aromatic rings. The fourth-order valence-corrected chi connectivity index (χ4v) is 4.58. The van der Waals surface area contributed by atoms with Crippen molar-refractivity contribution >= 4 is 29.0 Å². The number of anilines is 3. The van der Waals surface area contributed by atoms with Crippen LogP contribution in [0.1, 0.15) is 36.0 Å².